The van der Waals surface area contributed by atoms with Crippen molar-refractivity contribution in [2.75, 3.05) is 0 Å². The van der Waals surface area contributed by atoms with Crippen molar-refractivity contribution in [3.63, 3.8) is 0 Å². The van der Waals surface area contributed by atoms with E-state index in [1.807, 2.05) is 0 Å². The second-order valence-corrected chi connectivity index (χ2v) is 17.6. The third-order valence-electron chi connectivity index (χ3n) is 0.308. The van der Waals surface area contributed by atoms with Gasteiger partial charge in [0.15, 0.2) is 0 Å². The molecule has 12 heteroatoms. The summed E-state index contributed by atoms with van der Waals surface area (Å²) < 4.78 is 74.1. The van der Waals surface area contributed by atoms with Crippen LogP contribution in [-0.2, 0) is 75.6 Å². The van der Waals surface area contributed by atoms with Crippen molar-refractivity contribution in [2.24, 2.45) is 0 Å². The molecule has 0 aliphatic carbocycles. The van der Waals surface area contributed by atoms with Crippen LogP contribution in [-0.4, -0.2) is 3.76 Å². The molecule has 0 fully saturated rings. The Morgan fingerprint density at radius 1 is 1.08 bits per heavy atom. The Bertz CT molecular complexity index is 393. The van der Waals surface area contributed by atoms with Crippen LogP contribution in [0, 0.1) is 0 Å². The van der Waals surface area contributed by atoms with Gasteiger partial charge in [0.25, 0.3) is 0 Å². The first-order chi connectivity index (χ1) is 5.12. The molecule has 0 aliphatic heterocycles. The summed E-state index contributed by atoms with van der Waals surface area (Å²) in [6.45, 7) is 0. The molecule has 0 saturated heterocycles. The van der Waals surface area contributed by atoms with Crippen molar-refractivity contribution < 1.29 is 79.3 Å². The first-order valence-corrected chi connectivity index (χ1v) is 15.1. The molecule has 0 aromatic carbocycles. The van der Waals surface area contributed by atoms with Gasteiger partial charge in [-0.3, -0.25) is 0 Å². The molecule has 9 nitrogen and oxygen atoms in total. The Morgan fingerprint density at radius 2 is 1.50 bits per heavy atom. The Kier molecular flexibility index (Phi) is 4.57. The van der Waals surface area contributed by atoms with Crippen molar-refractivity contribution in [3.05, 3.63) is 0 Å². The van der Waals surface area contributed by atoms with Crippen LogP contribution in [0.25, 0.3) is 0 Å². The predicted octanol–water partition coefficient (Wildman–Crippen LogP) is -1.41. The third kappa shape index (κ3) is 7.40. The summed E-state index contributed by atoms with van der Waals surface area (Å²) in [6.07, 6.45) is 0. The van der Waals surface area contributed by atoms with Gasteiger partial charge < -0.3 is 0 Å². The summed E-state index contributed by atoms with van der Waals surface area (Å²) in [4.78, 5) is 0. The molecule has 0 radical (unpaired) electrons. The minimum absolute atomic E-state index is 3.11. The van der Waals surface area contributed by atoms with Gasteiger partial charge in [0.2, 0.25) is 0 Å². The van der Waals surface area contributed by atoms with Crippen molar-refractivity contribution in [1.82, 2.24) is 0 Å². The molecular weight excluding hydrogens is 696 g/mol. The summed E-state index contributed by atoms with van der Waals surface area (Å²) in [6, 6.07) is 0. The molecule has 0 aromatic heterocycles. The van der Waals surface area contributed by atoms with E-state index in [1.54, 1.807) is 0 Å². The quantitative estimate of drug-likeness (QED) is 0.376. The zero-order chi connectivity index (χ0) is 9.99. The zero-order valence-corrected chi connectivity index (χ0v) is 13.7. The van der Waals surface area contributed by atoms with Gasteiger partial charge in [-0.1, -0.05) is 0 Å². The fourth-order valence-corrected chi connectivity index (χ4v) is 17.8. The van der Waals surface area contributed by atoms with E-state index in [2.05, 4.69) is 4.09 Å². The fourth-order valence-electron chi connectivity index (χ4n) is 0.185. The van der Waals surface area contributed by atoms with Gasteiger partial charge in [-0.2, -0.15) is 0 Å². The van der Waals surface area contributed by atoms with Crippen molar-refractivity contribution in [1.29, 1.82) is 0 Å². The molecule has 0 amide bonds. The van der Waals surface area contributed by atoms with Gasteiger partial charge in [-0.15, -0.1) is 0 Å². The monoisotopic (exact) mass is 697 g/mol. The summed E-state index contributed by atoms with van der Waals surface area (Å²) >= 11 is -17.7. The van der Waals surface area contributed by atoms with E-state index in [0.717, 1.165) is 0 Å². The normalized spacial score (nSPS) is 12.8. The average molecular weight is 697 g/mol. The molecule has 12 heavy (non-hydrogen) atoms. The topological polar surface area (TPSA) is 141 Å². The van der Waals surface area contributed by atoms with Crippen molar-refractivity contribution in [2.45, 2.75) is 0 Å². The van der Waals surface area contributed by atoms with E-state index in [-0.39, 0.29) is 0 Å². The first kappa shape index (κ1) is 12.7. The van der Waals surface area contributed by atoms with Crippen LogP contribution in [0.15, 0.2) is 0 Å². The van der Waals surface area contributed by atoms with Crippen LogP contribution in [0.4, 0.5) is 0 Å². The molecule has 0 saturated carbocycles. The fraction of sp³-hybridized carbons (Fsp3) is 0. The van der Waals surface area contributed by atoms with Crippen LogP contribution in [0.2, 0.25) is 0 Å². The zero-order valence-electron chi connectivity index (χ0n) is 4.94. The maximum absolute atomic E-state index is 10.3. The molecule has 0 atom stereocenters. The van der Waals surface area contributed by atoms with E-state index in [9.17, 15) is 20.4 Å². The van der Waals surface area contributed by atoms with Gasteiger partial charge in [-0.05, 0) is 0 Å². The number of rotatable bonds is 4. The minimum atomic E-state index is -6.43. The first-order valence-electron chi connectivity index (χ1n) is 1.85. The second kappa shape index (κ2) is 4.31. The Labute approximate surface area is 78.7 Å². The summed E-state index contributed by atoms with van der Waals surface area (Å²) in [7, 11) is 0. The van der Waals surface area contributed by atoms with E-state index < -0.39 is 51.1 Å². The van der Waals surface area contributed by atoms with Crippen LogP contribution in [0.5, 0.6) is 0 Å². The number of hydrogen-bond donors (Lipinski definition) is 1. The molecule has 0 bridgehead atoms. The molecule has 1 N–H and O–H groups in total. The Balaban J connectivity index is 4.69. The SMILES string of the molecule is [O]=[W](=[O])[O][W](=[O])(=[O])[O][W](=[O])(=[O])[OH]. The van der Waals surface area contributed by atoms with Gasteiger partial charge >= 0.3 is 79.3 Å². The molecule has 0 aliphatic rings. The van der Waals surface area contributed by atoms with E-state index in [1.165, 1.54) is 0 Å². The number of hydrogen-bond acceptors (Lipinski definition) is 8. The Hall–Kier alpha value is 0.745. The van der Waals surface area contributed by atoms with Crippen LogP contribution >= 0.6 is 0 Å². The molecule has 73 valence electrons. The maximum atomic E-state index is 10.3. The third-order valence-corrected chi connectivity index (χ3v) is 20.6. The second-order valence-electron chi connectivity index (χ2n) is 1.18. The van der Waals surface area contributed by atoms with Crippen molar-refractivity contribution in [3.8, 4) is 0 Å². The Morgan fingerprint density at radius 3 is 1.75 bits per heavy atom. The van der Waals surface area contributed by atoms with E-state index in [4.69, 9.17) is 3.76 Å². The van der Waals surface area contributed by atoms with Gasteiger partial charge in [-0.25, -0.2) is 0 Å². The molecule has 0 heterocycles. The van der Waals surface area contributed by atoms with Gasteiger partial charge in [0.05, 0.1) is 0 Å². The summed E-state index contributed by atoms with van der Waals surface area (Å²) in [5.41, 5.74) is 0. The van der Waals surface area contributed by atoms with Crippen LogP contribution in [0.3, 0.4) is 0 Å². The molecule has 0 rings (SSSR count). The van der Waals surface area contributed by atoms with E-state index >= 15 is 0 Å². The van der Waals surface area contributed by atoms with Gasteiger partial charge in [0, 0.05) is 0 Å². The summed E-state index contributed by atoms with van der Waals surface area (Å²) in [5.74, 6) is 0. The molecule has 0 spiro atoms. The average Bonchev–Trinajstić information content (AvgIpc) is 1.48. The van der Waals surface area contributed by atoms with Crippen LogP contribution < -0.4 is 0 Å². The molecule has 0 aromatic rings. The van der Waals surface area contributed by atoms with Crippen LogP contribution in [0.1, 0.15) is 0 Å². The molecular formula is HO9W3. The van der Waals surface area contributed by atoms with Gasteiger partial charge in [0.1, 0.15) is 0 Å². The predicted molar refractivity (Wildman–Crippen MR) is 8.51 cm³/mol. The molecule has 0 unspecified atom stereocenters. The van der Waals surface area contributed by atoms with E-state index in [0.29, 0.717) is 0 Å². The summed E-state index contributed by atoms with van der Waals surface area (Å²) in [5, 5.41) is 0. The van der Waals surface area contributed by atoms with Crippen molar-refractivity contribution >= 4 is 0 Å². The standard InChI is InChI=1S/H2O.8O.3W/h1H2;;;;;;;;;;;/q;;;;;;;;;;;+1/p-1.